The Balaban J connectivity index is 1.40. The number of nitrogens with zero attached hydrogens (tertiary/aromatic N) is 1. The fraction of sp³-hybridized carbons (Fsp3) is 0.435. The SMILES string of the molecule is CC(C)c1ccc(CN(C)CC(=O)NCCc2ccc3c(c2)OCCO3)cc1. The van der Waals surface area contributed by atoms with Crippen LogP contribution in [-0.2, 0) is 17.8 Å². The van der Waals surface area contributed by atoms with E-state index in [2.05, 4.69) is 43.4 Å². The van der Waals surface area contributed by atoms with Gasteiger partial charge < -0.3 is 14.8 Å². The Kier molecular flexibility index (Phi) is 6.93. The molecule has 1 N–H and O–H groups in total. The summed E-state index contributed by atoms with van der Waals surface area (Å²) in [6, 6.07) is 14.6. The van der Waals surface area contributed by atoms with E-state index in [-0.39, 0.29) is 5.91 Å². The van der Waals surface area contributed by atoms with Crippen molar-refractivity contribution in [3.05, 3.63) is 59.2 Å². The lowest BCUT2D eigenvalue weighted by atomic mass is 10.0. The van der Waals surface area contributed by atoms with Gasteiger partial charge in [-0.25, -0.2) is 0 Å². The summed E-state index contributed by atoms with van der Waals surface area (Å²) in [6.45, 7) is 7.31. The van der Waals surface area contributed by atoms with E-state index in [1.807, 2.05) is 30.1 Å². The fourth-order valence-electron chi connectivity index (χ4n) is 3.27. The van der Waals surface area contributed by atoms with Crippen LogP contribution in [0.1, 0.15) is 36.5 Å². The highest BCUT2D eigenvalue weighted by atomic mass is 16.6. The number of likely N-dealkylation sites (N-methyl/N-ethyl adjacent to an activating group) is 1. The standard InChI is InChI=1S/C23H30N2O3/c1-17(2)20-7-4-19(5-8-20)15-25(3)16-23(26)24-11-10-18-6-9-21-22(14-18)28-13-12-27-21/h4-9,14,17H,10-13,15-16H2,1-3H3,(H,24,26). The van der Waals surface area contributed by atoms with E-state index in [0.717, 1.165) is 30.0 Å². The van der Waals surface area contributed by atoms with Crippen molar-refractivity contribution in [1.82, 2.24) is 10.2 Å². The molecule has 1 aliphatic rings. The van der Waals surface area contributed by atoms with E-state index in [0.29, 0.717) is 32.2 Å². The smallest absolute Gasteiger partial charge is 0.234 e. The van der Waals surface area contributed by atoms with Crippen molar-refractivity contribution >= 4 is 5.91 Å². The van der Waals surface area contributed by atoms with Crippen molar-refractivity contribution in [3.63, 3.8) is 0 Å². The largest absolute Gasteiger partial charge is 0.486 e. The lowest BCUT2D eigenvalue weighted by Crippen LogP contribution is -2.35. The van der Waals surface area contributed by atoms with Gasteiger partial charge in [0.2, 0.25) is 5.91 Å². The molecule has 0 bridgehead atoms. The Morgan fingerprint density at radius 2 is 1.71 bits per heavy atom. The Labute approximate surface area is 167 Å². The first-order valence-electron chi connectivity index (χ1n) is 9.94. The zero-order chi connectivity index (χ0) is 19.9. The maximum Gasteiger partial charge on any atom is 0.234 e. The summed E-state index contributed by atoms with van der Waals surface area (Å²) in [5, 5.41) is 3.00. The van der Waals surface area contributed by atoms with Crippen LogP contribution in [0.25, 0.3) is 0 Å². The summed E-state index contributed by atoms with van der Waals surface area (Å²) in [7, 11) is 1.97. The summed E-state index contributed by atoms with van der Waals surface area (Å²) in [4.78, 5) is 14.2. The molecule has 2 aromatic carbocycles. The van der Waals surface area contributed by atoms with Crippen LogP contribution in [0, 0.1) is 0 Å². The summed E-state index contributed by atoms with van der Waals surface area (Å²) >= 11 is 0. The summed E-state index contributed by atoms with van der Waals surface area (Å²) < 4.78 is 11.1. The third-order valence-electron chi connectivity index (χ3n) is 4.85. The first-order valence-corrected chi connectivity index (χ1v) is 9.94. The molecule has 1 amide bonds. The average Bonchev–Trinajstić information content (AvgIpc) is 2.68. The Morgan fingerprint density at radius 1 is 1.04 bits per heavy atom. The van der Waals surface area contributed by atoms with Crippen LogP contribution in [0.2, 0.25) is 0 Å². The van der Waals surface area contributed by atoms with Gasteiger partial charge in [0.15, 0.2) is 11.5 Å². The molecule has 150 valence electrons. The number of amides is 1. The van der Waals surface area contributed by atoms with E-state index in [1.165, 1.54) is 11.1 Å². The number of hydrogen-bond acceptors (Lipinski definition) is 4. The van der Waals surface area contributed by atoms with Crippen molar-refractivity contribution in [2.24, 2.45) is 0 Å². The molecule has 0 aliphatic carbocycles. The van der Waals surface area contributed by atoms with Crippen LogP contribution >= 0.6 is 0 Å². The number of carbonyl (C=O) groups is 1. The zero-order valence-electron chi connectivity index (χ0n) is 17.0. The Morgan fingerprint density at radius 3 is 2.43 bits per heavy atom. The number of nitrogens with one attached hydrogen (secondary N) is 1. The predicted octanol–water partition coefficient (Wildman–Crippen LogP) is 3.37. The van der Waals surface area contributed by atoms with Gasteiger partial charge in [-0.15, -0.1) is 0 Å². The van der Waals surface area contributed by atoms with Gasteiger partial charge in [-0.1, -0.05) is 44.2 Å². The molecule has 28 heavy (non-hydrogen) atoms. The van der Waals surface area contributed by atoms with Crippen molar-refractivity contribution in [3.8, 4) is 11.5 Å². The first kappa shape index (κ1) is 20.2. The normalized spacial score (nSPS) is 13.0. The molecule has 3 rings (SSSR count). The zero-order valence-corrected chi connectivity index (χ0v) is 17.0. The highest BCUT2D eigenvalue weighted by Gasteiger charge is 2.12. The van der Waals surface area contributed by atoms with E-state index in [9.17, 15) is 4.79 Å². The fourth-order valence-corrected chi connectivity index (χ4v) is 3.27. The van der Waals surface area contributed by atoms with E-state index < -0.39 is 0 Å². The minimum absolute atomic E-state index is 0.0406. The minimum atomic E-state index is 0.0406. The Bertz CT molecular complexity index is 787. The number of ether oxygens (including phenoxy) is 2. The molecule has 1 aliphatic heterocycles. The maximum absolute atomic E-state index is 12.2. The van der Waals surface area contributed by atoms with Crippen molar-refractivity contribution in [1.29, 1.82) is 0 Å². The number of hydrogen-bond donors (Lipinski definition) is 1. The van der Waals surface area contributed by atoms with Crippen molar-refractivity contribution in [2.75, 3.05) is 33.4 Å². The second kappa shape index (κ2) is 9.60. The molecular formula is C23H30N2O3. The van der Waals surface area contributed by atoms with Crippen LogP contribution in [-0.4, -0.2) is 44.2 Å². The van der Waals surface area contributed by atoms with E-state index >= 15 is 0 Å². The second-order valence-corrected chi connectivity index (χ2v) is 7.65. The first-order chi connectivity index (χ1) is 13.5. The molecule has 0 spiro atoms. The molecule has 0 atom stereocenters. The summed E-state index contributed by atoms with van der Waals surface area (Å²) in [6.07, 6.45) is 0.767. The maximum atomic E-state index is 12.2. The monoisotopic (exact) mass is 382 g/mol. The predicted molar refractivity (Wildman–Crippen MR) is 111 cm³/mol. The van der Waals surface area contributed by atoms with Gasteiger partial charge in [0, 0.05) is 13.1 Å². The highest BCUT2D eigenvalue weighted by molar-refractivity contribution is 5.77. The second-order valence-electron chi connectivity index (χ2n) is 7.65. The molecule has 0 saturated heterocycles. The van der Waals surface area contributed by atoms with Crippen molar-refractivity contribution < 1.29 is 14.3 Å². The average molecular weight is 383 g/mol. The number of fused-ring (bicyclic) bond motifs is 1. The molecule has 0 aromatic heterocycles. The molecule has 2 aromatic rings. The molecule has 0 saturated carbocycles. The topological polar surface area (TPSA) is 50.8 Å². The van der Waals surface area contributed by atoms with Gasteiger partial charge >= 0.3 is 0 Å². The van der Waals surface area contributed by atoms with Gasteiger partial charge in [-0.05, 0) is 48.2 Å². The summed E-state index contributed by atoms with van der Waals surface area (Å²) in [5.41, 5.74) is 3.68. The quantitative estimate of drug-likeness (QED) is 0.761. The van der Waals surface area contributed by atoms with Gasteiger partial charge in [-0.3, -0.25) is 9.69 Å². The molecule has 1 heterocycles. The van der Waals surface area contributed by atoms with Crippen molar-refractivity contribution in [2.45, 2.75) is 32.7 Å². The third kappa shape index (κ3) is 5.73. The molecule has 0 unspecified atom stereocenters. The Hall–Kier alpha value is -2.53. The number of carbonyl (C=O) groups excluding carboxylic acids is 1. The van der Waals surface area contributed by atoms with E-state index in [4.69, 9.17) is 9.47 Å². The summed E-state index contributed by atoms with van der Waals surface area (Å²) in [5.74, 6) is 2.16. The molecule has 0 fully saturated rings. The van der Waals surface area contributed by atoms with Crippen LogP contribution in [0.3, 0.4) is 0 Å². The number of rotatable bonds is 8. The van der Waals surface area contributed by atoms with Gasteiger partial charge in [0.1, 0.15) is 13.2 Å². The third-order valence-corrected chi connectivity index (χ3v) is 4.85. The molecular weight excluding hydrogens is 352 g/mol. The van der Waals surface area contributed by atoms with Crippen LogP contribution < -0.4 is 14.8 Å². The molecule has 5 nitrogen and oxygen atoms in total. The highest BCUT2D eigenvalue weighted by Crippen LogP contribution is 2.30. The number of benzene rings is 2. The van der Waals surface area contributed by atoms with Gasteiger partial charge in [0.05, 0.1) is 6.54 Å². The lowest BCUT2D eigenvalue weighted by Gasteiger charge is -2.19. The minimum Gasteiger partial charge on any atom is -0.486 e. The molecule has 0 radical (unpaired) electrons. The van der Waals surface area contributed by atoms with Crippen LogP contribution in [0.15, 0.2) is 42.5 Å². The van der Waals surface area contributed by atoms with E-state index in [1.54, 1.807) is 0 Å². The van der Waals surface area contributed by atoms with Crippen LogP contribution in [0.5, 0.6) is 11.5 Å². The lowest BCUT2D eigenvalue weighted by molar-refractivity contribution is -0.122. The molecule has 5 heteroatoms. The van der Waals surface area contributed by atoms with Crippen LogP contribution in [0.4, 0.5) is 0 Å². The van der Waals surface area contributed by atoms with Gasteiger partial charge in [-0.2, -0.15) is 0 Å². The van der Waals surface area contributed by atoms with Gasteiger partial charge in [0.25, 0.3) is 0 Å².